The molecule has 0 bridgehead atoms. The molecule has 0 aliphatic rings. The van der Waals surface area contributed by atoms with Gasteiger partial charge in [0.2, 0.25) is 6.41 Å². The highest BCUT2D eigenvalue weighted by Crippen LogP contribution is 2.36. The van der Waals surface area contributed by atoms with Crippen molar-refractivity contribution in [2.75, 3.05) is 10.2 Å². The van der Waals surface area contributed by atoms with Gasteiger partial charge in [-0.1, -0.05) is 18.2 Å². The lowest BCUT2D eigenvalue weighted by Gasteiger charge is -2.18. The van der Waals surface area contributed by atoms with Crippen molar-refractivity contribution >= 4 is 34.1 Å². The average Bonchev–Trinajstić information content (AvgIpc) is 3.04. The van der Waals surface area contributed by atoms with E-state index in [2.05, 4.69) is 10.3 Å². The van der Waals surface area contributed by atoms with E-state index in [0.717, 1.165) is 28.3 Å². The van der Waals surface area contributed by atoms with Gasteiger partial charge in [-0.25, -0.2) is 0 Å². The number of rotatable bonds is 6. The molecule has 0 saturated heterocycles. The minimum atomic E-state index is 0.688. The number of carbonyl (C=O) groups is 1. The molecule has 3 rings (SSSR count). The molecule has 110 valence electrons. The molecule has 0 spiro atoms. The van der Waals surface area contributed by atoms with Gasteiger partial charge in [0.05, 0.1) is 5.69 Å². The van der Waals surface area contributed by atoms with Crippen LogP contribution in [-0.2, 0) is 11.3 Å². The fraction of sp³-hybridized carbons (Fsp3) is 0.0588. The summed E-state index contributed by atoms with van der Waals surface area (Å²) in [5, 5.41) is 6.24. The summed E-state index contributed by atoms with van der Waals surface area (Å²) >= 11 is 1.53. The molecule has 0 atom stereocenters. The van der Waals surface area contributed by atoms with Gasteiger partial charge in [-0.3, -0.25) is 14.7 Å². The number of carbonyl (C=O) groups excluding carboxylic acids is 1. The second-order valence-corrected chi connectivity index (χ2v) is 5.55. The molecule has 0 saturated carbocycles. The number of aromatic nitrogens is 1. The Labute approximate surface area is 133 Å². The lowest BCUT2D eigenvalue weighted by molar-refractivity contribution is -0.106. The molecular formula is C17H15N3OS. The van der Waals surface area contributed by atoms with E-state index in [1.807, 2.05) is 53.9 Å². The number of hydrogen-bond acceptors (Lipinski definition) is 4. The summed E-state index contributed by atoms with van der Waals surface area (Å²) in [6.07, 6.45) is 4.39. The Kier molecular flexibility index (Phi) is 4.46. The van der Waals surface area contributed by atoms with Crippen molar-refractivity contribution in [1.29, 1.82) is 0 Å². The summed E-state index contributed by atoms with van der Waals surface area (Å²) in [5.41, 5.74) is 2.94. The van der Waals surface area contributed by atoms with E-state index in [9.17, 15) is 4.79 Å². The van der Waals surface area contributed by atoms with E-state index in [0.29, 0.717) is 6.54 Å². The maximum atomic E-state index is 11.5. The van der Waals surface area contributed by atoms with Gasteiger partial charge in [-0.05, 0) is 41.3 Å². The van der Waals surface area contributed by atoms with Gasteiger partial charge in [-0.2, -0.15) is 0 Å². The second-order valence-electron chi connectivity index (χ2n) is 4.66. The molecule has 0 aliphatic carbocycles. The number of amides is 1. The van der Waals surface area contributed by atoms with Crippen LogP contribution in [0.25, 0.3) is 0 Å². The molecule has 2 aromatic heterocycles. The quantitative estimate of drug-likeness (QED) is 0.699. The standard InChI is InChI=1S/C17H15N3OS/c21-13-20(15-4-2-1-3-5-15)17-16(8-11-22-17)19-12-14-6-9-18-10-7-14/h1-11,13,19H,12H2. The molecule has 1 amide bonds. The van der Waals surface area contributed by atoms with Crippen LogP contribution in [0, 0.1) is 0 Å². The first-order valence-corrected chi connectivity index (χ1v) is 7.76. The van der Waals surface area contributed by atoms with Crippen molar-refractivity contribution in [3.05, 3.63) is 71.9 Å². The van der Waals surface area contributed by atoms with Gasteiger partial charge in [0, 0.05) is 24.6 Å². The number of nitrogens with one attached hydrogen (secondary N) is 1. The van der Waals surface area contributed by atoms with Crippen molar-refractivity contribution in [3.63, 3.8) is 0 Å². The minimum Gasteiger partial charge on any atom is -0.379 e. The SMILES string of the molecule is O=CN(c1ccccc1)c1sccc1NCc1ccncc1. The van der Waals surface area contributed by atoms with Crippen LogP contribution in [-0.4, -0.2) is 11.4 Å². The molecule has 1 aromatic carbocycles. The number of pyridine rings is 1. The highest BCUT2D eigenvalue weighted by molar-refractivity contribution is 7.15. The Morgan fingerprint density at radius 1 is 1.09 bits per heavy atom. The summed E-state index contributed by atoms with van der Waals surface area (Å²) in [4.78, 5) is 17.2. The molecule has 2 heterocycles. The Morgan fingerprint density at radius 2 is 1.86 bits per heavy atom. The lowest BCUT2D eigenvalue weighted by atomic mass is 10.2. The van der Waals surface area contributed by atoms with Gasteiger partial charge in [0.25, 0.3) is 0 Å². The Hall–Kier alpha value is -2.66. The van der Waals surface area contributed by atoms with Crippen LogP contribution < -0.4 is 10.2 Å². The van der Waals surface area contributed by atoms with Crippen LogP contribution in [0.1, 0.15) is 5.56 Å². The fourth-order valence-electron chi connectivity index (χ4n) is 2.13. The lowest BCUT2D eigenvalue weighted by Crippen LogP contribution is -2.14. The van der Waals surface area contributed by atoms with Gasteiger partial charge < -0.3 is 5.32 Å². The Morgan fingerprint density at radius 3 is 2.59 bits per heavy atom. The van der Waals surface area contributed by atoms with Crippen LogP contribution in [0.3, 0.4) is 0 Å². The summed E-state index contributed by atoms with van der Waals surface area (Å²) in [6.45, 7) is 0.688. The zero-order chi connectivity index (χ0) is 15.2. The van der Waals surface area contributed by atoms with Crippen LogP contribution >= 0.6 is 11.3 Å². The van der Waals surface area contributed by atoms with Crippen LogP contribution in [0.4, 0.5) is 16.4 Å². The second kappa shape index (κ2) is 6.87. The topological polar surface area (TPSA) is 45.2 Å². The third-order valence-corrected chi connectivity index (χ3v) is 4.15. The van der Waals surface area contributed by atoms with E-state index in [1.165, 1.54) is 11.3 Å². The fourth-order valence-corrected chi connectivity index (χ4v) is 3.00. The van der Waals surface area contributed by atoms with Gasteiger partial charge in [-0.15, -0.1) is 11.3 Å². The van der Waals surface area contributed by atoms with Crippen LogP contribution in [0.5, 0.6) is 0 Å². The van der Waals surface area contributed by atoms with Crippen LogP contribution in [0.2, 0.25) is 0 Å². The van der Waals surface area contributed by atoms with Gasteiger partial charge in [0.15, 0.2) is 0 Å². The molecule has 22 heavy (non-hydrogen) atoms. The zero-order valence-electron chi connectivity index (χ0n) is 11.8. The first kappa shape index (κ1) is 14.3. The Bertz CT molecular complexity index is 728. The molecule has 0 radical (unpaired) electrons. The number of hydrogen-bond donors (Lipinski definition) is 1. The third-order valence-electron chi connectivity index (χ3n) is 3.24. The summed E-state index contributed by atoms with van der Waals surface area (Å²) in [5.74, 6) is 0. The van der Waals surface area contributed by atoms with Crippen molar-refractivity contribution in [3.8, 4) is 0 Å². The number of nitrogens with zero attached hydrogens (tertiary/aromatic N) is 2. The molecule has 0 unspecified atom stereocenters. The zero-order valence-corrected chi connectivity index (χ0v) is 12.7. The first-order valence-electron chi connectivity index (χ1n) is 6.88. The molecular weight excluding hydrogens is 294 g/mol. The predicted molar refractivity (Wildman–Crippen MR) is 90.5 cm³/mol. The summed E-state index contributed by atoms with van der Waals surface area (Å²) < 4.78 is 0. The molecule has 0 aliphatic heterocycles. The number of thiophene rings is 1. The maximum absolute atomic E-state index is 11.5. The van der Waals surface area contributed by atoms with Crippen molar-refractivity contribution in [1.82, 2.24) is 4.98 Å². The first-order chi connectivity index (χ1) is 10.9. The average molecular weight is 309 g/mol. The van der Waals surface area contributed by atoms with E-state index < -0.39 is 0 Å². The van der Waals surface area contributed by atoms with Gasteiger partial charge in [0.1, 0.15) is 5.00 Å². The number of para-hydroxylation sites is 1. The highest BCUT2D eigenvalue weighted by Gasteiger charge is 2.14. The Balaban J connectivity index is 1.80. The monoisotopic (exact) mass is 309 g/mol. The minimum absolute atomic E-state index is 0.688. The van der Waals surface area contributed by atoms with E-state index >= 15 is 0 Å². The highest BCUT2D eigenvalue weighted by atomic mass is 32.1. The van der Waals surface area contributed by atoms with E-state index in [4.69, 9.17) is 0 Å². The molecule has 1 N–H and O–H groups in total. The van der Waals surface area contributed by atoms with Crippen molar-refractivity contribution in [2.45, 2.75) is 6.54 Å². The molecule has 0 fully saturated rings. The molecule has 3 aromatic rings. The van der Waals surface area contributed by atoms with Crippen LogP contribution in [0.15, 0.2) is 66.3 Å². The molecule has 4 nitrogen and oxygen atoms in total. The normalized spacial score (nSPS) is 10.2. The van der Waals surface area contributed by atoms with Gasteiger partial charge >= 0.3 is 0 Å². The largest absolute Gasteiger partial charge is 0.379 e. The van der Waals surface area contributed by atoms with Crippen molar-refractivity contribution in [2.24, 2.45) is 0 Å². The summed E-state index contributed by atoms with van der Waals surface area (Å²) in [6, 6.07) is 15.5. The smallest absolute Gasteiger partial charge is 0.219 e. The van der Waals surface area contributed by atoms with Crippen molar-refractivity contribution < 1.29 is 4.79 Å². The maximum Gasteiger partial charge on any atom is 0.219 e. The van der Waals surface area contributed by atoms with E-state index in [1.54, 1.807) is 17.3 Å². The number of benzene rings is 1. The molecule has 5 heteroatoms. The third kappa shape index (κ3) is 3.15. The van der Waals surface area contributed by atoms with E-state index in [-0.39, 0.29) is 0 Å². The predicted octanol–water partition coefficient (Wildman–Crippen LogP) is 4.05. The summed E-state index contributed by atoms with van der Waals surface area (Å²) in [7, 11) is 0. The number of anilines is 3.